The standard InChI is InChI=1S/C24H42N2O7Si2/c1-10-12-24(29)21-19(31-22(24)26-13-11-20(27)25-23(26)28)14-30-34(15(2)3,16(4)5)33-35(32-21,17(6)7)18(8)9/h10-11,13,15-19,21-22,29H,1,12,14H2,2-9H3,(H,25,27,28)/t19?,21-,22?,24-/m1/s1. The van der Waals surface area contributed by atoms with Crippen LogP contribution in [0.4, 0.5) is 0 Å². The molecule has 2 fully saturated rings. The summed E-state index contributed by atoms with van der Waals surface area (Å²) in [5.74, 6) is 0. The van der Waals surface area contributed by atoms with Gasteiger partial charge in [-0.2, -0.15) is 0 Å². The smallest absolute Gasteiger partial charge is 0.335 e. The number of hydrogen-bond donors (Lipinski definition) is 2. The first-order valence-electron chi connectivity index (χ1n) is 12.6. The number of aliphatic hydroxyl groups is 1. The van der Waals surface area contributed by atoms with Crippen molar-refractivity contribution < 1.29 is 22.8 Å². The molecule has 11 heteroatoms. The molecule has 0 saturated carbocycles. The Morgan fingerprint density at radius 3 is 2.17 bits per heavy atom. The van der Waals surface area contributed by atoms with Crippen LogP contribution < -0.4 is 11.2 Å². The second-order valence-electron chi connectivity index (χ2n) is 11.0. The molecule has 0 spiro atoms. The molecule has 0 bridgehead atoms. The average Bonchev–Trinajstić information content (AvgIpc) is 2.98. The van der Waals surface area contributed by atoms with Crippen molar-refractivity contribution in [3.8, 4) is 0 Å². The summed E-state index contributed by atoms with van der Waals surface area (Å²) >= 11 is 0. The van der Waals surface area contributed by atoms with Crippen LogP contribution in [-0.4, -0.2) is 56.2 Å². The summed E-state index contributed by atoms with van der Waals surface area (Å²) in [5, 5.41) is 12.1. The number of fused-ring (bicyclic) bond motifs is 1. The van der Waals surface area contributed by atoms with Gasteiger partial charge >= 0.3 is 22.8 Å². The lowest BCUT2D eigenvalue weighted by Crippen LogP contribution is -2.67. The quantitative estimate of drug-likeness (QED) is 0.411. The Hall–Kier alpha value is -1.35. The van der Waals surface area contributed by atoms with Crippen molar-refractivity contribution in [2.45, 2.75) is 108 Å². The molecule has 0 aliphatic carbocycles. The van der Waals surface area contributed by atoms with Crippen LogP contribution in [0, 0.1) is 0 Å². The zero-order valence-corrected chi connectivity index (χ0v) is 24.2. The minimum absolute atomic E-state index is 0.0667. The monoisotopic (exact) mass is 526 g/mol. The van der Waals surface area contributed by atoms with Gasteiger partial charge < -0.3 is 22.8 Å². The zero-order valence-electron chi connectivity index (χ0n) is 22.2. The summed E-state index contributed by atoms with van der Waals surface area (Å²) in [6.07, 6.45) is 0.499. The van der Waals surface area contributed by atoms with E-state index in [0.29, 0.717) is 0 Å². The summed E-state index contributed by atoms with van der Waals surface area (Å²) < 4.78 is 28.5. The van der Waals surface area contributed by atoms with E-state index in [4.69, 9.17) is 17.7 Å². The Bertz CT molecular complexity index is 1010. The third-order valence-electron chi connectivity index (χ3n) is 7.46. The molecule has 3 rings (SSSR count). The predicted octanol–water partition coefficient (Wildman–Crippen LogP) is 3.70. The van der Waals surface area contributed by atoms with Gasteiger partial charge in [-0.1, -0.05) is 61.5 Å². The molecule has 2 aliphatic heterocycles. The molecule has 2 saturated heterocycles. The minimum atomic E-state index is -3.02. The lowest BCUT2D eigenvalue weighted by Gasteiger charge is -2.52. The Morgan fingerprint density at radius 2 is 1.69 bits per heavy atom. The van der Waals surface area contributed by atoms with Crippen molar-refractivity contribution in [3.63, 3.8) is 0 Å². The van der Waals surface area contributed by atoms with Crippen LogP contribution in [0.2, 0.25) is 22.2 Å². The fraction of sp³-hybridized carbons (Fsp3) is 0.750. The molecule has 35 heavy (non-hydrogen) atoms. The summed E-state index contributed by atoms with van der Waals surface area (Å²) in [7, 11) is -5.81. The summed E-state index contributed by atoms with van der Waals surface area (Å²) in [4.78, 5) is 26.6. The molecule has 3 heterocycles. The van der Waals surface area contributed by atoms with Crippen molar-refractivity contribution in [1.29, 1.82) is 0 Å². The van der Waals surface area contributed by atoms with E-state index in [1.165, 1.54) is 16.8 Å². The first-order valence-corrected chi connectivity index (χ1v) is 16.5. The van der Waals surface area contributed by atoms with Gasteiger partial charge in [0.2, 0.25) is 0 Å². The Labute approximate surface area is 210 Å². The number of nitrogens with zero attached hydrogens (tertiary/aromatic N) is 1. The van der Waals surface area contributed by atoms with E-state index >= 15 is 0 Å². The van der Waals surface area contributed by atoms with E-state index < -0.39 is 52.4 Å². The number of aromatic nitrogens is 2. The van der Waals surface area contributed by atoms with E-state index in [9.17, 15) is 14.7 Å². The highest BCUT2D eigenvalue weighted by Crippen LogP contribution is 2.51. The Balaban J connectivity index is 2.21. The van der Waals surface area contributed by atoms with Crippen molar-refractivity contribution in [2.24, 2.45) is 0 Å². The SMILES string of the molecule is C=CC[C@]1(O)C(n2ccc(=O)[nH]c2=O)OC2CO[Si](C(C)C)(C(C)C)O[Si](C(C)C)(C(C)C)O[C@H]21. The summed E-state index contributed by atoms with van der Waals surface area (Å²) in [5.41, 5.74) is -2.35. The maximum atomic E-state index is 12.7. The summed E-state index contributed by atoms with van der Waals surface area (Å²) in [6, 6.07) is 1.23. The van der Waals surface area contributed by atoms with Gasteiger partial charge in [0.1, 0.15) is 17.8 Å². The molecular formula is C24H42N2O7Si2. The average molecular weight is 527 g/mol. The normalized spacial score (nSPS) is 30.5. The fourth-order valence-corrected chi connectivity index (χ4v) is 16.9. The van der Waals surface area contributed by atoms with Gasteiger partial charge in [0.25, 0.3) is 5.56 Å². The van der Waals surface area contributed by atoms with Crippen LogP contribution in [0.1, 0.15) is 68.0 Å². The maximum absolute atomic E-state index is 12.7. The molecule has 4 atom stereocenters. The minimum Gasteiger partial charge on any atom is -0.414 e. The van der Waals surface area contributed by atoms with Gasteiger partial charge in [-0.05, 0) is 22.2 Å². The van der Waals surface area contributed by atoms with Crippen LogP contribution in [-0.2, 0) is 17.7 Å². The lowest BCUT2D eigenvalue weighted by molar-refractivity contribution is -0.107. The third-order valence-corrected chi connectivity index (χ3v) is 17.7. The molecule has 2 unspecified atom stereocenters. The molecule has 0 amide bonds. The number of aromatic amines is 1. The highest BCUT2D eigenvalue weighted by atomic mass is 28.5. The van der Waals surface area contributed by atoms with Gasteiger partial charge in [0, 0.05) is 18.7 Å². The Kier molecular flexibility index (Phi) is 8.22. The molecule has 2 N–H and O–H groups in total. The number of H-pyrrole nitrogens is 1. The predicted molar refractivity (Wildman–Crippen MR) is 139 cm³/mol. The van der Waals surface area contributed by atoms with Crippen LogP contribution in [0.5, 0.6) is 0 Å². The molecule has 1 aromatic heterocycles. The number of hydrogen-bond acceptors (Lipinski definition) is 7. The van der Waals surface area contributed by atoms with E-state index in [-0.39, 0.29) is 35.2 Å². The van der Waals surface area contributed by atoms with Crippen LogP contribution in [0.15, 0.2) is 34.5 Å². The Morgan fingerprint density at radius 1 is 1.11 bits per heavy atom. The van der Waals surface area contributed by atoms with Crippen molar-refractivity contribution in [1.82, 2.24) is 9.55 Å². The molecule has 198 valence electrons. The molecule has 0 radical (unpaired) electrons. The van der Waals surface area contributed by atoms with Crippen molar-refractivity contribution in [2.75, 3.05) is 6.61 Å². The maximum Gasteiger partial charge on any atom is 0.335 e. The second kappa shape index (κ2) is 10.2. The fourth-order valence-electron chi connectivity index (χ4n) is 5.61. The molecule has 2 aliphatic rings. The number of nitrogens with one attached hydrogen (secondary N) is 1. The van der Waals surface area contributed by atoms with Crippen LogP contribution in [0.3, 0.4) is 0 Å². The van der Waals surface area contributed by atoms with Crippen LogP contribution >= 0.6 is 0 Å². The lowest BCUT2D eigenvalue weighted by atomic mass is 9.90. The molecule has 0 aromatic carbocycles. The van der Waals surface area contributed by atoms with Gasteiger partial charge in [-0.25, -0.2) is 4.79 Å². The zero-order chi connectivity index (χ0) is 26.3. The first kappa shape index (κ1) is 28.2. The van der Waals surface area contributed by atoms with Gasteiger partial charge in [-0.15, -0.1) is 6.58 Å². The number of ether oxygens (including phenoxy) is 1. The number of rotatable bonds is 7. The van der Waals surface area contributed by atoms with E-state index in [1.54, 1.807) is 6.08 Å². The summed E-state index contributed by atoms with van der Waals surface area (Å²) in [6.45, 7) is 21.0. The van der Waals surface area contributed by atoms with E-state index in [2.05, 4.69) is 67.0 Å². The first-order chi connectivity index (χ1) is 16.2. The van der Waals surface area contributed by atoms with Gasteiger partial charge in [0.05, 0.1) is 6.61 Å². The van der Waals surface area contributed by atoms with Gasteiger partial charge in [0.15, 0.2) is 6.23 Å². The van der Waals surface area contributed by atoms with E-state index in [0.717, 1.165) is 0 Å². The second-order valence-corrected chi connectivity index (χ2v) is 19.9. The highest BCUT2D eigenvalue weighted by molar-refractivity contribution is 6.84. The molecule has 1 aromatic rings. The highest BCUT2D eigenvalue weighted by Gasteiger charge is 2.65. The third kappa shape index (κ3) is 4.72. The van der Waals surface area contributed by atoms with Crippen molar-refractivity contribution in [3.05, 3.63) is 45.8 Å². The molecular weight excluding hydrogens is 484 g/mol. The van der Waals surface area contributed by atoms with Gasteiger partial charge in [-0.3, -0.25) is 14.3 Å². The largest absolute Gasteiger partial charge is 0.414 e. The van der Waals surface area contributed by atoms with E-state index in [1.807, 2.05) is 0 Å². The topological polar surface area (TPSA) is 112 Å². The molecule has 9 nitrogen and oxygen atoms in total. The van der Waals surface area contributed by atoms with Crippen molar-refractivity contribution >= 4 is 17.1 Å². The van der Waals surface area contributed by atoms with Crippen LogP contribution in [0.25, 0.3) is 0 Å².